The Morgan fingerprint density at radius 3 is 2.65 bits per heavy atom. The highest BCUT2D eigenvalue weighted by Gasteiger charge is 2.19. The van der Waals surface area contributed by atoms with Crippen molar-refractivity contribution in [2.45, 2.75) is 37.8 Å². The van der Waals surface area contributed by atoms with Crippen LogP contribution in [0.5, 0.6) is 0 Å². The Bertz CT molecular complexity index is 434. The first-order valence-corrected chi connectivity index (χ1v) is 5.83. The molecule has 1 saturated carbocycles. The number of rotatable bonds is 2. The zero-order valence-corrected chi connectivity index (χ0v) is 9.49. The summed E-state index contributed by atoms with van der Waals surface area (Å²) in [5, 5.41) is 21.4. The van der Waals surface area contributed by atoms with Crippen LogP contribution in [0, 0.1) is 17.1 Å². The Morgan fingerprint density at radius 1 is 1.29 bits per heavy atom. The molecule has 2 N–H and O–H groups in total. The largest absolute Gasteiger partial charge is 0.393 e. The Kier molecular flexibility index (Phi) is 3.60. The Morgan fingerprint density at radius 2 is 2.00 bits per heavy atom. The normalized spacial score (nSPS) is 24.1. The molecule has 1 fully saturated rings. The van der Waals surface area contributed by atoms with Gasteiger partial charge in [-0.15, -0.1) is 0 Å². The van der Waals surface area contributed by atoms with Gasteiger partial charge in [0.05, 0.1) is 11.7 Å². The molecule has 0 heterocycles. The molecule has 0 radical (unpaired) electrons. The number of hydrogen-bond donors (Lipinski definition) is 2. The van der Waals surface area contributed by atoms with Crippen LogP contribution in [0.3, 0.4) is 0 Å². The van der Waals surface area contributed by atoms with Crippen molar-refractivity contribution in [3.63, 3.8) is 0 Å². The molecule has 2 rings (SSSR count). The lowest BCUT2D eigenvalue weighted by molar-refractivity contribution is 0.126. The predicted molar refractivity (Wildman–Crippen MR) is 63.0 cm³/mol. The highest BCUT2D eigenvalue weighted by Crippen LogP contribution is 2.23. The molecule has 1 aromatic rings. The van der Waals surface area contributed by atoms with E-state index in [1.165, 1.54) is 12.1 Å². The van der Waals surface area contributed by atoms with Crippen molar-refractivity contribution >= 4 is 5.69 Å². The molecule has 1 aliphatic carbocycles. The van der Waals surface area contributed by atoms with E-state index in [2.05, 4.69) is 5.32 Å². The molecular formula is C13H15FN2O. The fourth-order valence-electron chi connectivity index (χ4n) is 2.16. The summed E-state index contributed by atoms with van der Waals surface area (Å²) in [6.07, 6.45) is 3.21. The minimum Gasteiger partial charge on any atom is -0.393 e. The maximum atomic E-state index is 13.1. The van der Waals surface area contributed by atoms with Crippen molar-refractivity contribution in [3.05, 3.63) is 29.6 Å². The van der Waals surface area contributed by atoms with Crippen LogP contribution >= 0.6 is 0 Å². The summed E-state index contributed by atoms with van der Waals surface area (Å²) in [7, 11) is 0. The van der Waals surface area contributed by atoms with Crippen molar-refractivity contribution in [3.8, 4) is 6.07 Å². The van der Waals surface area contributed by atoms with Crippen LogP contribution in [0.1, 0.15) is 31.2 Å². The number of nitrogens with zero attached hydrogens (tertiary/aromatic N) is 1. The van der Waals surface area contributed by atoms with Gasteiger partial charge >= 0.3 is 0 Å². The molecule has 0 amide bonds. The standard InChI is InChI=1S/C13H15FN2O/c14-13-6-3-11(7-9(13)8-15)16-10-1-4-12(17)5-2-10/h3,6-7,10,12,16-17H,1-2,4-5H2. The number of hydrogen-bond acceptors (Lipinski definition) is 3. The van der Waals surface area contributed by atoms with E-state index in [4.69, 9.17) is 5.26 Å². The van der Waals surface area contributed by atoms with Gasteiger partial charge in [-0.2, -0.15) is 5.26 Å². The lowest BCUT2D eigenvalue weighted by Crippen LogP contribution is -2.28. The van der Waals surface area contributed by atoms with Crippen molar-refractivity contribution in [2.24, 2.45) is 0 Å². The third kappa shape index (κ3) is 2.95. The van der Waals surface area contributed by atoms with Crippen LogP contribution in [0.4, 0.5) is 10.1 Å². The zero-order valence-electron chi connectivity index (χ0n) is 9.49. The number of aliphatic hydroxyl groups is 1. The molecule has 90 valence electrons. The summed E-state index contributed by atoms with van der Waals surface area (Å²) in [5.74, 6) is -0.489. The highest BCUT2D eigenvalue weighted by atomic mass is 19.1. The van der Waals surface area contributed by atoms with E-state index < -0.39 is 5.82 Å². The Labute approximate surface area is 99.9 Å². The molecule has 0 aromatic heterocycles. The summed E-state index contributed by atoms with van der Waals surface area (Å²) in [5.41, 5.74) is 0.829. The van der Waals surface area contributed by atoms with E-state index in [9.17, 15) is 9.50 Å². The van der Waals surface area contributed by atoms with E-state index in [0.29, 0.717) is 6.04 Å². The maximum Gasteiger partial charge on any atom is 0.141 e. The van der Waals surface area contributed by atoms with Crippen LogP contribution < -0.4 is 5.32 Å². The fourth-order valence-corrected chi connectivity index (χ4v) is 2.16. The van der Waals surface area contributed by atoms with Gasteiger partial charge in [0.1, 0.15) is 11.9 Å². The number of nitriles is 1. The number of benzene rings is 1. The number of nitrogens with one attached hydrogen (secondary N) is 1. The van der Waals surface area contributed by atoms with Crippen LogP contribution in [-0.4, -0.2) is 17.3 Å². The van der Waals surface area contributed by atoms with E-state index in [-0.39, 0.29) is 11.7 Å². The molecule has 0 bridgehead atoms. The number of anilines is 1. The van der Waals surface area contributed by atoms with Gasteiger partial charge in [0.15, 0.2) is 0 Å². The number of halogens is 1. The molecule has 3 nitrogen and oxygen atoms in total. The molecular weight excluding hydrogens is 219 g/mol. The average Bonchev–Trinajstić information content (AvgIpc) is 2.34. The topological polar surface area (TPSA) is 56.0 Å². The Hall–Kier alpha value is -1.60. The van der Waals surface area contributed by atoms with E-state index in [1.807, 2.05) is 6.07 Å². The SMILES string of the molecule is N#Cc1cc(NC2CCC(O)CC2)ccc1F. The third-order valence-corrected chi connectivity index (χ3v) is 3.15. The predicted octanol–water partition coefficient (Wildman–Crippen LogP) is 2.41. The molecule has 0 saturated heterocycles. The summed E-state index contributed by atoms with van der Waals surface area (Å²) in [6.45, 7) is 0. The monoisotopic (exact) mass is 234 g/mol. The van der Waals surface area contributed by atoms with E-state index in [0.717, 1.165) is 31.4 Å². The molecule has 1 aliphatic rings. The van der Waals surface area contributed by atoms with Gasteiger partial charge in [0, 0.05) is 11.7 Å². The van der Waals surface area contributed by atoms with Gasteiger partial charge < -0.3 is 10.4 Å². The minimum absolute atomic E-state index is 0.0610. The maximum absolute atomic E-state index is 13.1. The first-order valence-electron chi connectivity index (χ1n) is 5.83. The average molecular weight is 234 g/mol. The molecule has 1 aromatic carbocycles. The van der Waals surface area contributed by atoms with Crippen LogP contribution in [0.15, 0.2) is 18.2 Å². The van der Waals surface area contributed by atoms with Gasteiger partial charge in [0.25, 0.3) is 0 Å². The molecule has 0 aliphatic heterocycles. The van der Waals surface area contributed by atoms with Crippen molar-refractivity contribution in [2.75, 3.05) is 5.32 Å². The second-order valence-electron chi connectivity index (χ2n) is 4.46. The van der Waals surface area contributed by atoms with Gasteiger partial charge in [-0.05, 0) is 43.9 Å². The molecule has 17 heavy (non-hydrogen) atoms. The van der Waals surface area contributed by atoms with Gasteiger partial charge in [0.2, 0.25) is 0 Å². The smallest absolute Gasteiger partial charge is 0.141 e. The lowest BCUT2D eigenvalue weighted by Gasteiger charge is -2.27. The summed E-state index contributed by atoms with van der Waals surface area (Å²) < 4.78 is 13.1. The third-order valence-electron chi connectivity index (χ3n) is 3.15. The van der Waals surface area contributed by atoms with Crippen molar-refractivity contribution < 1.29 is 9.50 Å². The van der Waals surface area contributed by atoms with Crippen LogP contribution in [0.25, 0.3) is 0 Å². The quantitative estimate of drug-likeness (QED) is 0.826. The first-order chi connectivity index (χ1) is 8.19. The Balaban J connectivity index is 2.02. The van der Waals surface area contributed by atoms with Gasteiger partial charge in [-0.3, -0.25) is 0 Å². The minimum atomic E-state index is -0.489. The first kappa shape index (κ1) is 11.9. The fraction of sp³-hybridized carbons (Fsp3) is 0.462. The highest BCUT2D eigenvalue weighted by molar-refractivity contribution is 5.50. The summed E-state index contributed by atoms with van der Waals surface area (Å²) in [4.78, 5) is 0. The van der Waals surface area contributed by atoms with Crippen LogP contribution in [-0.2, 0) is 0 Å². The molecule has 4 heteroatoms. The lowest BCUT2D eigenvalue weighted by atomic mass is 9.93. The zero-order chi connectivity index (χ0) is 12.3. The van der Waals surface area contributed by atoms with Crippen molar-refractivity contribution in [1.29, 1.82) is 5.26 Å². The van der Waals surface area contributed by atoms with Crippen molar-refractivity contribution in [1.82, 2.24) is 0 Å². The van der Waals surface area contributed by atoms with E-state index >= 15 is 0 Å². The summed E-state index contributed by atoms with van der Waals surface area (Å²) >= 11 is 0. The molecule has 0 atom stereocenters. The summed E-state index contributed by atoms with van der Waals surface area (Å²) in [6, 6.07) is 6.60. The number of aliphatic hydroxyl groups excluding tert-OH is 1. The van der Waals surface area contributed by atoms with Crippen LogP contribution in [0.2, 0.25) is 0 Å². The molecule has 0 unspecified atom stereocenters. The second kappa shape index (κ2) is 5.15. The van der Waals surface area contributed by atoms with Gasteiger partial charge in [-0.25, -0.2) is 4.39 Å². The molecule has 0 spiro atoms. The van der Waals surface area contributed by atoms with Gasteiger partial charge in [-0.1, -0.05) is 0 Å². The second-order valence-corrected chi connectivity index (χ2v) is 4.46. The van der Waals surface area contributed by atoms with E-state index in [1.54, 1.807) is 6.07 Å².